The SMILES string of the molecule is CCOc1ccccc1Oc1ccc(CNC(=O)C2CC23CCNCC3)cn1.Cl.Cl. The molecule has 30 heavy (non-hydrogen) atoms. The summed E-state index contributed by atoms with van der Waals surface area (Å²) in [5.74, 6) is 2.18. The predicted molar refractivity (Wildman–Crippen MR) is 121 cm³/mol. The van der Waals surface area contributed by atoms with E-state index in [4.69, 9.17) is 9.47 Å². The zero-order valence-corrected chi connectivity index (χ0v) is 18.7. The second kappa shape index (κ2) is 10.8. The normalized spacial score (nSPS) is 18.5. The molecule has 2 heterocycles. The number of halogens is 2. The van der Waals surface area contributed by atoms with E-state index in [1.54, 1.807) is 6.20 Å². The van der Waals surface area contributed by atoms with Crippen LogP contribution >= 0.6 is 24.8 Å². The number of para-hydroxylation sites is 2. The Balaban J connectivity index is 0.00000160. The highest BCUT2D eigenvalue weighted by molar-refractivity contribution is 5.85. The zero-order chi connectivity index (χ0) is 19.4. The average molecular weight is 454 g/mol. The summed E-state index contributed by atoms with van der Waals surface area (Å²) < 4.78 is 11.4. The van der Waals surface area contributed by atoms with Crippen LogP contribution in [0.4, 0.5) is 0 Å². The number of piperidine rings is 1. The quantitative estimate of drug-likeness (QED) is 0.659. The van der Waals surface area contributed by atoms with Crippen LogP contribution in [0.3, 0.4) is 0 Å². The molecule has 1 atom stereocenters. The molecule has 2 aliphatic rings. The molecule has 2 fully saturated rings. The van der Waals surface area contributed by atoms with Gasteiger partial charge in [0.1, 0.15) is 0 Å². The van der Waals surface area contributed by atoms with E-state index in [0.29, 0.717) is 30.5 Å². The van der Waals surface area contributed by atoms with Crippen molar-refractivity contribution in [3.63, 3.8) is 0 Å². The van der Waals surface area contributed by atoms with Crippen LogP contribution in [0.5, 0.6) is 17.4 Å². The van der Waals surface area contributed by atoms with Gasteiger partial charge in [-0.25, -0.2) is 4.98 Å². The molecule has 1 aliphatic carbocycles. The number of nitrogens with one attached hydrogen (secondary N) is 2. The van der Waals surface area contributed by atoms with E-state index in [0.717, 1.165) is 37.9 Å². The standard InChI is InChI=1S/C22H27N3O3.2ClH/c1-2-27-18-5-3-4-6-19(18)28-20-8-7-16(14-24-20)15-25-21(26)17-13-22(17)9-11-23-12-10-22;;/h3-8,14,17,23H,2,9-13,15H2,1H3,(H,25,26);2*1H. The minimum atomic E-state index is 0. The minimum absolute atomic E-state index is 0. The van der Waals surface area contributed by atoms with Gasteiger partial charge in [-0.2, -0.15) is 0 Å². The maximum absolute atomic E-state index is 12.5. The number of aromatic nitrogens is 1. The molecule has 8 heteroatoms. The van der Waals surface area contributed by atoms with Crippen molar-refractivity contribution >= 4 is 30.7 Å². The summed E-state index contributed by atoms with van der Waals surface area (Å²) in [7, 11) is 0. The summed E-state index contributed by atoms with van der Waals surface area (Å²) in [6, 6.07) is 11.3. The van der Waals surface area contributed by atoms with E-state index >= 15 is 0 Å². The van der Waals surface area contributed by atoms with Crippen molar-refractivity contribution in [1.82, 2.24) is 15.6 Å². The fourth-order valence-electron chi connectivity index (χ4n) is 4.01. The van der Waals surface area contributed by atoms with Crippen molar-refractivity contribution < 1.29 is 14.3 Å². The summed E-state index contributed by atoms with van der Waals surface area (Å²) in [5, 5.41) is 6.44. The lowest BCUT2D eigenvalue weighted by Crippen LogP contribution is -2.33. The Hall–Kier alpha value is -2.02. The summed E-state index contributed by atoms with van der Waals surface area (Å²) in [4.78, 5) is 16.8. The molecule has 1 unspecified atom stereocenters. The van der Waals surface area contributed by atoms with E-state index in [-0.39, 0.29) is 42.1 Å². The van der Waals surface area contributed by atoms with Gasteiger partial charge in [0.05, 0.1) is 6.61 Å². The number of hydrogen-bond acceptors (Lipinski definition) is 5. The molecule has 2 aromatic rings. The Morgan fingerprint density at radius 1 is 1.17 bits per heavy atom. The first-order valence-electron chi connectivity index (χ1n) is 10.0. The number of carbonyl (C=O) groups is 1. The Kier molecular flexibility index (Phi) is 8.77. The molecule has 1 amide bonds. The Morgan fingerprint density at radius 2 is 1.90 bits per heavy atom. The Morgan fingerprint density at radius 3 is 2.57 bits per heavy atom. The van der Waals surface area contributed by atoms with Crippen molar-refractivity contribution in [3.05, 3.63) is 48.2 Å². The molecule has 6 nitrogen and oxygen atoms in total. The van der Waals surface area contributed by atoms with E-state index in [1.165, 1.54) is 0 Å². The summed E-state index contributed by atoms with van der Waals surface area (Å²) in [6.07, 6.45) is 5.00. The van der Waals surface area contributed by atoms with Crippen LogP contribution in [-0.4, -0.2) is 30.6 Å². The molecule has 0 bridgehead atoms. The van der Waals surface area contributed by atoms with E-state index in [9.17, 15) is 4.79 Å². The van der Waals surface area contributed by atoms with Crippen LogP contribution in [0.25, 0.3) is 0 Å². The van der Waals surface area contributed by atoms with Gasteiger partial charge in [0.15, 0.2) is 11.5 Å². The zero-order valence-electron chi connectivity index (χ0n) is 17.1. The summed E-state index contributed by atoms with van der Waals surface area (Å²) in [6.45, 7) is 5.06. The Labute approximate surface area is 190 Å². The minimum Gasteiger partial charge on any atom is -0.490 e. The molecular formula is C22H29Cl2N3O3. The fourth-order valence-corrected chi connectivity index (χ4v) is 4.01. The fraction of sp³-hybridized carbons (Fsp3) is 0.455. The van der Waals surface area contributed by atoms with Gasteiger partial charge in [0.2, 0.25) is 11.8 Å². The molecule has 1 aliphatic heterocycles. The van der Waals surface area contributed by atoms with E-state index in [2.05, 4.69) is 15.6 Å². The molecule has 1 saturated heterocycles. The van der Waals surface area contributed by atoms with Gasteiger partial charge >= 0.3 is 0 Å². The number of amides is 1. The summed E-state index contributed by atoms with van der Waals surface area (Å²) in [5.41, 5.74) is 1.22. The Bertz CT molecular complexity index is 827. The second-order valence-electron chi connectivity index (χ2n) is 7.57. The molecule has 1 aromatic carbocycles. The molecule has 1 aromatic heterocycles. The van der Waals surface area contributed by atoms with Crippen LogP contribution in [0.15, 0.2) is 42.6 Å². The van der Waals surface area contributed by atoms with Crippen LogP contribution < -0.4 is 20.1 Å². The monoisotopic (exact) mass is 453 g/mol. The first kappa shape index (κ1) is 24.3. The lowest BCUT2D eigenvalue weighted by Gasteiger charge is -2.23. The predicted octanol–water partition coefficient (Wildman–Crippen LogP) is 4.12. The van der Waals surface area contributed by atoms with Gasteiger partial charge in [-0.3, -0.25) is 4.79 Å². The number of rotatable bonds is 7. The van der Waals surface area contributed by atoms with Crippen molar-refractivity contribution in [2.24, 2.45) is 11.3 Å². The number of ether oxygens (including phenoxy) is 2. The second-order valence-corrected chi connectivity index (χ2v) is 7.57. The van der Waals surface area contributed by atoms with Gasteiger partial charge in [0.25, 0.3) is 0 Å². The smallest absolute Gasteiger partial charge is 0.223 e. The van der Waals surface area contributed by atoms with Crippen molar-refractivity contribution in [2.75, 3.05) is 19.7 Å². The average Bonchev–Trinajstić information content (AvgIpc) is 3.42. The van der Waals surface area contributed by atoms with Gasteiger partial charge < -0.3 is 20.1 Å². The number of hydrogen-bond donors (Lipinski definition) is 2. The van der Waals surface area contributed by atoms with Crippen molar-refractivity contribution in [2.45, 2.75) is 32.7 Å². The lowest BCUT2D eigenvalue weighted by molar-refractivity contribution is -0.123. The largest absolute Gasteiger partial charge is 0.490 e. The van der Waals surface area contributed by atoms with E-state index < -0.39 is 0 Å². The van der Waals surface area contributed by atoms with Crippen LogP contribution in [0.1, 0.15) is 31.7 Å². The van der Waals surface area contributed by atoms with Crippen LogP contribution in [-0.2, 0) is 11.3 Å². The van der Waals surface area contributed by atoms with E-state index in [1.807, 2.05) is 43.3 Å². The third kappa shape index (κ3) is 5.56. The number of benzene rings is 1. The highest BCUT2D eigenvalue weighted by Crippen LogP contribution is 2.58. The molecule has 1 saturated carbocycles. The van der Waals surface area contributed by atoms with Crippen molar-refractivity contribution in [3.8, 4) is 17.4 Å². The maximum atomic E-state index is 12.5. The van der Waals surface area contributed by atoms with Crippen LogP contribution in [0.2, 0.25) is 0 Å². The summed E-state index contributed by atoms with van der Waals surface area (Å²) >= 11 is 0. The number of pyridine rings is 1. The lowest BCUT2D eigenvalue weighted by atomic mass is 9.92. The van der Waals surface area contributed by atoms with Gasteiger partial charge in [0, 0.05) is 24.7 Å². The third-order valence-electron chi connectivity index (χ3n) is 5.73. The molecule has 164 valence electrons. The van der Waals surface area contributed by atoms with Gasteiger partial charge in [-0.1, -0.05) is 18.2 Å². The molecule has 1 spiro atoms. The third-order valence-corrected chi connectivity index (χ3v) is 5.73. The first-order valence-corrected chi connectivity index (χ1v) is 10.0. The highest BCUT2D eigenvalue weighted by atomic mass is 35.5. The first-order chi connectivity index (χ1) is 13.7. The molecule has 4 rings (SSSR count). The van der Waals surface area contributed by atoms with Gasteiger partial charge in [-0.05, 0) is 62.4 Å². The molecular weight excluding hydrogens is 425 g/mol. The van der Waals surface area contributed by atoms with Gasteiger partial charge in [-0.15, -0.1) is 24.8 Å². The van der Waals surface area contributed by atoms with Crippen molar-refractivity contribution in [1.29, 1.82) is 0 Å². The highest BCUT2D eigenvalue weighted by Gasteiger charge is 2.57. The number of nitrogens with zero attached hydrogens (tertiary/aromatic N) is 1. The molecule has 2 N–H and O–H groups in total. The topological polar surface area (TPSA) is 72.5 Å². The molecule has 0 radical (unpaired) electrons. The van der Waals surface area contributed by atoms with Crippen LogP contribution in [0, 0.1) is 11.3 Å². The number of carbonyl (C=O) groups excluding carboxylic acids is 1. The maximum Gasteiger partial charge on any atom is 0.223 e.